The molecular formula is C27H48O. The Morgan fingerprint density at radius 1 is 0.536 bits per heavy atom. The van der Waals surface area contributed by atoms with E-state index >= 15 is 0 Å². The van der Waals surface area contributed by atoms with Crippen LogP contribution in [0.3, 0.4) is 0 Å². The van der Waals surface area contributed by atoms with Gasteiger partial charge in [0.15, 0.2) is 0 Å². The quantitative estimate of drug-likeness (QED) is 0.388. The highest BCUT2D eigenvalue weighted by Crippen LogP contribution is 2.40. The third kappa shape index (κ3) is 7.17. The minimum absolute atomic E-state index is 0.397. The number of Topliss-reactive ketones (excluding diaryl/α,β-unsaturated/α-hetero) is 1. The summed E-state index contributed by atoms with van der Waals surface area (Å²) in [5.41, 5.74) is 0. The Morgan fingerprint density at radius 3 is 1.11 bits per heavy atom. The zero-order chi connectivity index (χ0) is 19.8. The molecule has 3 rings (SSSR count). The molecule has 28 heavy (non-hydrogen) atoms. The molecular weight excluding hydrogens is 340 g/mol. The zero-order valence-electron chi connectivity index (χ0n) is 19.1. The molecule has 0 N–H and O–H groups in total. The molecule has 1 heteroatoms. The molecule has 162 valence electrons. The standard InChI is InChI=1S/C27H48O/c1-3-4-22-5-7-23(8-6-22)9-10-24-11-13-25(14-12-24)15-16-26-17-19-27(20-18-26)21(2)28/h22-27H,3-20H2,1-2H3. The van der Waals surface area contributed by atoms with Crippen molar-refractivity contribution >= 4 is 5.78 Å². The molecule has 0 aromatic rings. The van der Waals surface area contributed by atoms with Crippen molar-refractivity contribution in [3.05, 3.63) is 0 Å². The van der Waals surface area contributed by atoms with Gasteiger partial charge in [-0.2, -0.15) is 0 Å². The minimum atomic E-state index is 0.397. The van der Waals surface area contributed by atoms with Crippen LogP contribution in [-0.4, -0.2) is 5.78 Å². The Morgan fingerprint density at radius 2 is 0.821 bits per heavy atom. The molecule has 0 aliphatic heterocycles. The fraction of sp³-hybridized carbons (Fsp3) is 0.963. The second-order valence-electron chi connectivity index (χ2n) is 11.0. The predicted molar refractivity (Wildman–Crippen MR) is 120 cm³/mol. The number of hydrogen-bond donors (Lipinski definition) is 0. The van der Waals surface area contributed by atoms with E-state index in [1.54, 1.807) is 6.92 Å². The Labute approximate surface area is 175 Å². The molecule has 0 amide bonds. The Bertz CT molecular complexity index is 431. The molecule has 0 spiro atoms. The minimum Gasteiger partial charge on any atom is -0.300 e. The van der Waals surface area contributed by atoms with E-state index in [9.17, 15) is 4.79 Å². The SMILES string of the molecule is CCCC1CCC(CCC2CCC(CCC3CCC(C(C)=O)CC3)CC2)CC1. The van der Waals surface area contributed by atoms with Gasteiger partial charge in [0.2, 0.25) is 0 Å². The highest BCUT2D eigenvalue weighted by Gasteiger charge is 2.27. The van der Waals surface area contributed by atoms with Gasteiger partial charge < -0.3 is 0 Å². The first kappa shape index (κ1) is 22.4. The molecule has 3 aliphatic rings. The van der Waals surface area contributed by atoms with Gasteiger partial charge in [-0.1, -0.05) is 96.8 Å². The van der Waals surface area contributed by atoms with E-state index in [1.165, 1.54) is 116 Å². The van der Waals surface area contributed by atoms with Gasteiger partial charge in [0.1, 0.15) is 5.78 Å². The lowest BCUT2D eigenvalue weighted by molar-refractivity contribution is -0.121. The number of carbonyl (C=O) groups is 1. The third-order valence-electron chi connectivity index (χ3n) is 9.02. The van der Waals surface area contributed by atoms with Crippen LogP contribution in [-0.2, 0) is 4.79 Å². The van der Waals surface area contributed by atoms with Crippen molar-refractivity contribution in [1.29, 1.82) is 0 Å². The average molecular weight is 389 g/mol. The average Bonchev–Trinajstić information content (AvgIpc) is 2.73. The van der Waals surface area contributed by atoms with Gasteiger partial charge in [0.25, 0.3) is 0 Å². The predicted octanol–water partition coefficient (Wildman–Crippen LogP) is 8.36. The zero-order valence-corrected chi connectivity index (χ0v) is 19.1. The van der Waals surface area contributed by atoms with Crippen LogP contribution in [0.4, 0.5) is 0 Å². The Kier molecular flexibility index (Phi) is 9.38. The van der Waals surface area contributed by atoms with Gasteiger partial charge in [-0.15, -0.1) is 0 Å². The van der Waals surface area contributed by atoms with E-state index in [2.05, 4.69) is 6.92 Å². The van der Waals surface area contributed by atoms with Crippen LogP contribution in [0.5, 0.6) is 0 Å². The smallest absolute Gasteiger partial charge is 0.132 e. The lowest BCUT2D eigenvalue weighted by atomic mass is 9.73. The summed E-state index contributed by atoms with van der Waals surface area (Å²) in [6.07, 6.45) is 26.0. The Balaban J connectivity index is 1.23. The molecule has 3 fully saturated rings. The lowest BCUT2D eigenvalue weighted by Gasteiger charge is -2.33. The topological polar surface area (TPSA) is 17.1 Å². The summed E-state index contributed by atoms with van der Waals surface area (Å²) in [5.74, 6) is 5.96. The molecule has 0 radical (unpaired) electrons. The fourth-order valence-electron chi connectivity index (χ4n) is 6.83. The number of rotatable bonds is 9. The van der Waals surface area contributed by atoms with Gasteiger partial charge in [0.05, 0.1) is 0 Å². The number of ketones is 1. The van der Waals surface area contributed by atoms with Crippen molar-refractivity contribution in [2.24, 2.45) is 35.5 Å². The molecule has 0 bridgehead atoms. The maximum Gasteiger partial charge on any atom is 0.132 e. The Hall–Kier alpha value is -0.330. The number of carbonyl (C=O) groups excluding carboxylic acids is 1. The van der Waals surface area contributed by atoms with E-state index in [1.807, 2.05) is 0 Å². The second-order valence-corrected chi connectivity index (χ2v) is 11.0. The first-order valence-corrected chi connectivity index (χ1v) is 13.1. The van der Waals surface area contributed by atoms with E-state index in [0.29, 0.717) is 11.7 Å². The summed E-state index contributed by atoms with van der Waals surface area (Å²) in [6, 6.07) is 0. The molecule has 0 heterocycles. The highest BCUT2D eigenvalue weighted by atomic mass is 16.1. The first-order chi connectivity index (χ1) is 13.6. The normalized spacial score (nSPS) is 36.9. The second kappa shape index (κ2) is 11.8. The van der Waals surface area contributed by atoms with E-state index in [4.69, 9.17) is 0 Å². The van der Waals surface area contributed by atoms with Crippen LogP contribution in [0.2, 0.25) is 0 Å². The molecule has 0 unspecified atom stereocenters. The summed E-state index contributed by atoms with van der Waals surface area (Å²) < 4.78 is 0. The molecule has 1 nitrogen and oxygen atoms in total. The summed E-state index contributed by atoms with van der Waals surface area (Å²) in [4.78, 5) is 11.5. The summed E-state index contributed by atoms with van der Waals surface area (Å²) >= 11 is 0. The fourth-order valence-corrected chi connectivity index (χ4v) is 6.83. The molecule has 0 saturated heterocycles. The van der Waals surface area contributed by atoms with Crippen molar-refractivity contribution in [3.63, 3.8) is 0 Å². The van der Waals surface area contributed by atoms with Crippen molar-refractivity contribution in [2.75, 3.05) is 0 Å². The van der Waals surface area contributed by atoms with Crippen molar-refractivity contribution in [2.45, 2.75) is 129 Å². The monoisotopic (exact) mass is 388 g/mol. The van der Waals surface area contributed by atoms with Gasteiger partial charge in [-0.05, 0) is 62.2 Å². The van der Waals surface area contributed by atoms with Crippen molar-refractivity contribution in [1.82, 2.24) is 0 Å². The highest BCUT2D eigenvalue weighted by molar-refractivity contribution is 5.78. The lowest BCUT2D eigenvalue weighted by Crippen LogP contribution is -2.21. The van der Waals surface area contributed by atoms with Gasteiger partial charge in [-0.3, -0.25) is 4.79 Å². The van der Waals surface area contributed by atoms with Gasteiger partial charge in [-0.25, -0.2) is 0 Å². The molecule has 0 aromatic carbocycles. The number of hydrogen-bond acceptors (Lipinski definition) is 1. The molecule has 3 saturated carbocycles. The largest absolute Gasteiger partial charge is 0.300 e. The van der Waals surface area contributed by atoms with Gasteiger partial charge in [0, 0.05) is 5.92 Å². The van der Waals surface area contributed by atoms with Crippen LogP contribution in [0.1, 0.15) is 129 Å². The van der Waals surface area contributed by atoms with Gasteiger partial charge >= 0.3 is 0 Å². The van der Waals surface area contributed by atoms with Crippen molar-refractivity contribution < 1.29 is 4.79 Å². The summed E-state index contributed by atoms with van der Waals surface area (Å²) in [5, 5.41) is 0. The molecule has 0 aromatic heterocycles. The summed E-state index contributed by atoms with van der Waals surface area (Å²) in [7, 11) is 0. The van der Waals surface area contributed by atoms with Crippen molar-refractivity contribution in [3.8, 4) is 0 Å². The maximum absolute atomic E-state index is 11.5. The maximum atomic E-state index is 11.5. The third-order valence-corrected chi connectivity index (χ3v) is 9.02. The van der Waals surface area contributed by atoms with Crippen LogP contribution in [0, 0.1) is 35.5 Å². The first-order valence-electron chi connectivity index (χ1n) is 13.1. The van der Waals surface area contributed by atoms with Crippen LogP contribution < -0.4 is 0 Å². The van der Waals surface area contributed by atoms with E-state index < -0.39 is 0 Å². The van der Waals surface area contributed by atoms with Crippen LogP contribution in [0.15, 0.2) is 0 Å². The summed E-state index contributed by atoms with van der Waals surface area (Å²) in [6.45, 7) is 4.14. The molecule has 0 atom stereocenters. The van der Waals surface area contributed by atoms with Crippen LogP contribution >= 0.6 is 0 Å². The van der Waals surface area contributed by atoms with Crippen LogP contribution in [0.25, 0.3) is 0 Å². The van der Waals surface area contributed by atoms with E-state index in [-0.39, 0.29) is 0 Å². The van der Waals surface area contributed by atoms with E-state index in [0.717, 1.165) is 29.6 Å². The molecule has 3 aliphatic carbocycles.